The Morgan fingerprint density at radius 1 is 1.33 bits per heavy atom. The van der Waals surface area contributed by atoms with Crippen molar-refractivity contribution in [1.82, 2.24) is 25.1 Å². The smallest absolute Gasteiger partial charge is 0.237 e. The van der Waals surface area contributed by atoms with E-state index in [0.717, 1.165) is 33.6 Å². The predicted molar refractivity (Wildman–Crippen MR) is 129 cm³/mol. The molecule has 0 saturated carbocycles. The average Bonchev–Trinajstić information content (AvgIpc) is 3.44. The van der Waals surface area contributed by atoms with Gasteiger partial charge in [-0.15, -0.1) is 11.8 Å². The minimum absolute atomic E-state index is 0.0215. The largest absolute Gasteiger partial charge is 0.373 e. The molecule has 0 spiro atoms. The Morgan fingerprint density at radius 3 is 3.03 bits per heavy atom. The molecule has 0 bridgehead atoms. The molecule has 1 amide bonds. The van der Waals surface area contributed by atoms with Crippen molar-refractivity contribution in [3.63, 3.8) is 0 Å². The van der Waals surface area contributed by atoms with E-state index in [1.165, 1.54) is 4.91 Å². The highest BCUT2D eigenvalue weighted by Crippen LogP contribution is 2.38. The third-order valence-corrected chi connectivity index (χ3v) is 6.82. The van der Waals surface area contributed by atoms with Crippen molar-refractivity contribution in [2.75, 3.05) is 18.5 Å². The number of hydrogen-bond acceptors (Lipinski definition) is 7. The van der Waals surface area contributed by atoms with Crippen LogP contribution < -0.4 is 10.6 Å². The van der Waals surface area contributed by atoms with Gasteiger partial charge in [-0.3, -0.25) is 9.48 Å². The minimum atomic E-state index is -0.195. The Labute approximate surface area is 196 Å². The molecule has 2 aliphatic rings. The van der Waals surface area contributed by atoms with Crippen LogP contribution in [-0.2, 0) is 23.1 Å². The first-order valence-electron chi connectivity index (χ1n) is 10.7. The van der Waals surface area contributed by atoms with Crippen LogP contribution in [0.15, 0.2) is 65.5 Å². The number of anilines is 2. The molecule has 0 radical (unpaired) electrons. The van der Waals surface area contributed by atoms with Gasteiger partial charge >= 0.3 is 0 Å². The topological polar surface area (TPSA) is 94.0 Å². The molecule has 0 fully saturated rings. The summed E-state index contributed by atoms with van der Waals surface area (Å²) in [5.41, 5.74) is 5.93. The lowest BCUT2D eigenvalue weighted by Crippen LogP contribution is -2.30. The summed E-state index contributed by atoms with van der Waals surface area (Å²) in [6.45, 7) is 3.74. The monoisotopic (exact) mass is 460 g/mol. The van der Waals surface area contributed by atoms with Crippen molar-refractivity contribution >= 4 is 29.3 Å². The molecule has 4 heterocycles. The highest BCUT2D eigenvalue weighted by molar-refractivity contribution is 8.05. The highest BCUT2D eigenvalue weighted by atomic mass is 32.2. The molecular formula is C24H24N6O2S. The molecule has 0 aliphatic carbocycles. The van der Waals surface area contributed by atoms with E-state index in [-0.39, 0.29) is 11.2 Å². The zero-order valence-corrected chi connectivity index (χ0v) is 19.2. The quantitative estimate of drug-likeness (QED) is 0.581. The maximum atomic E-state index is 12.7. The summed E-state index contributed by atoms with van der Waals surface area (Å²) < 4.78 is 7.15. The molecule has 33 heavy (non-hydrogen) atoms. The van der Waals surface area contributed by atoms with Crippen LogP contribution in [0.5, 0.6) is 0 Å². The van der Waals surface area contributed by atoms with Gasteiger partial charge in [0.15, 0.2) is 0 Å². The van der Waals surface area contributed by atoms with E-state index >= 15 is 0 Å². The maximum absolute atomic E-state index is 12.7. The lowest BCUT2D eigenvalue weighted by atomic mass is 10.0. The van der Waals surface area contributed by atoms with Crippen molar-refractivity contribution in [2.45, 2.75) is 18.7 Å². The Hall–Kier alpha value is -3.43. The first-order valence-corrected chi connectivity index (χ1v) is 11.5. The molecule has 9 heteroatoms. The number of rotatable bonds is 6. The van der Waals surface area contributed by atoms with Crippen LogP contribution >= 0.6 is 11.8 Å². The predicted octanol–water partition coefficient (Wildman–Crippen LogP) is 3.50. The summed E-state index contributed by atoms with van der Waals surface area (Å²) in [5.74, 6) is 0.534. The Kier molecular flexibility index (Phi) is 5.97. The molecule has 1 atom stereocenters. The van der Waals surface area contributed by atoms with E-state index in [0.29, 0.717) is 25.7 Å². The summed E-state index contributed by atoms with van der Waals surface area (Å²) in [6.07, 6.45) is 9.37. The van der Waals surface area contributed by atoms with E-state index in [9.17, 15) is 4.79 Å². The summed E-state index contributed by atoms with van der Waals surface area (Å²) in [7, 11) is 1.86. The SMILES string of the molecule is Cc1cc(-c2ccnc(Nc3cnn(C)c3)n2)ccc1CNC(=O)C1C=C2COCC=C2S1. The molecule has 1 aromatic carbocycles. The van der Waals surface area contributed by atoms with Crippen molar-refractivity contribution in [2.24, 2.45) is 7.05 Å². The van der Waals surface area contributed by atoms with E-state index in [4.69, 9.17) is 4.74 Å². The minimum Gasteiger partial charge on any atom is -0.373 e. The number of carbonyl (C=O) groups is 1. The number of nitrogens with zero attached hydrogens (tertiary/aromatic N) is 4. The number of benzene rings is 1. The van der Waals surface area contributed by atoms with Gasteiger partial charge in [-0.05, 0) is 41.8 Å². The average molecular weight is 461 g/mol. The standard InChI is InChI=1S/C24H24N6O2S/c1-15-9-16(20-5-7-25-24(29-20)28-19-12-27-30(2)13-19)3-4-17(15)11-26-23(31)22-10-18-14-32-8-6-21(18)33-22/h3-7,9-10,12-13,22H,8,11,14H2,1-2H3,(H,26,31)(H,25,28,29). The molecule has 2 aromatic heterocycles. The second-order valence-electron chi connectivity index (χ2n) is 7.97. The fourth-order valence-corrected chi connectivity index (χ4v) is 4.91. The zero-order chi connectivity index (χ0) is 22.8. The molecular weight excluding hydrogens is 436 g/mol. The van der Waals surface area contributed by atoms with Crippen LogP contribution in [-0.4, -0.2) is 44.1 Å². The number of aryl methyl sites for hydroxylation is 2. The third-order valence-electron chi connectivity index (χ3n) is 5.53. The number of nitrogens with one attached hydrogen (secondary N) is 2. The molecule has 8 nitrogen and oxygen atoms in total. The van der Waals surface area contributed by atoms with Gasteiger partial charge in [0, 0.05) is 36.5 Å². The number of hydrogen-bond donors (Lipinski definition) is 2. The van der Waals surface area contributed by atoms with Crippen LogP contribution in [0, 0.1) is 6.92 Å². The first kappa shape index (κ1) is 21.4. The van der Waals surface area contributed by atoms with Gasteiger partial charge in [0.25, 0.3) is 0 Å². The lowest BCUT2D eigenvalue weighted by molar-refractivity contribution is -0.119. The fraction of sp³-hybridized carbons (Fsp3) is 0.250. The van der Waals surface area contributed by atoms with Gasteiger partial charge in [0.1, 0.15) is 5.25 Å². The molecule has 1 unspecified atom stereocenters. The number of ether oxygens (including phenoxy) is 1. The van der Waals surface area contributed by atoms with Gasteiger partial charge in [0.2, 0.25) is 11.9 Å². The van der Waals surface area contributed by atoms with Crippen LogP contribution in [0.25, 0.3) is 11.3 Å². The van der Waals surface area contributed by atoms with Crippen molar-refractivity contribution in [1.29, 1.82) is 0 Å². The molecule has 2 aliphatic heterocycles. The highest BCUT2D eigenvalue weighted by Gasteiger charge is 2.28. The fourth-order valence-electron chi connectivity index (χ4n) is 3.77. The third kappa shape index (κ3) is 4.84. The number of thioether (sulfide) groups is 1. The normalized spacial score (nSPS) is 17.2. The van der Waals surface area contributed by atoms with Gasteiger partial charge in [-0.25, -0.2) is 9.97 Å². The van der Waals surface area contributed by atoms with Gasteiger partial charge in [-0.1, -0.05) is 18.2 Å². The van der Waals surface area contributed by atoms with Crippen LogP contribution in [0.3, 0.4) is 0 Å². The van der Waals surface area contributed by atoms with Crippen molar-refractivity contribution < 1.29 is 9.53 Å². The van der Waals surface area contributed by atoms with Crippen molar-refractivity contribution in [3.05, 3.63) is 76.6 Å². The maximum Gasteiger partial charge on any atom is 0.237 e. The number of carbonyl (C=O) groups excluding carboxylic acids is 1. The van der Waals surface area contributed by atoms with Crippen molar-refractivity contribution in [3.8, 4) is 11.3 Å². The van der Waals surface area contributed by atoms with Crippen LogP contribution in [0.2, 0.25) is 0 Å². The van der Waals surface area contributed by atoms with Gasteiger partial charge in [0.05, 0.1) is 30.8 Å². The van der Waals surface area contributed by atoms with Gasteiger partial charge < -0.3 is 15.4 Å². The first-order chi connectivity index (χ1) is 16.0. The van der Waals surface area contributed by atoms with E-state index in [1.54, 1.807) is 28.8 Å². The molecule has 168 valence electrons. The number of amides is 1. The Balaban J connectivity index is 1.24. The van der Waals surface area contributed by atoms with E-state index in [1.807, 2.05) is 50.5 Å². The zero-order valence-electron chi connectivity index (χ0n) is 18.4. The second-order valence-corrected chi connectivity index (χ2v) is 9.15. The second kappa shape index (κ2) is 9.21. The summed E-state index contributed by atoms with van der Waals surface area (Å²) >= 11 is 1.60. The van der Waals surface area contributed by atoms with Gasteiger partial charge in [-0.2, -0.15) is 5.10 Å². The van der Waals surface area contributed by atoms with Crippen LogP contribution in [0.1, 0.15) is 11.1 Å². The lowest BCUT2D eigenvalue weighted by Gasteiger charge is -2.13. The Morgan fingerprint density at radius 2 is 2.24 bits per heavy atom. The molecule has 0 saturated heterocycles. The molecule has 3 aromatic rings. The summed E-state index contributed by atoms with van der Waals surface area (Å²) in [6, 6.07) is 8.03. The van der Waals surface area contributed by atoms with E-state index < -0.39 is 0 Å². The van der Waals surface area contributed by atoms with E-state index in [2.05, 4.69) is 31.8 Å². The number of fused-ring (bicyclic) bond motifs is 1. The summed E-state index contributed by atoms with van der Waals surface area (Å²) in [4.78, 5) is 22.8. The Bertz CT molecular complexity index is 1270. The number of aromatic nitrogens is 4. The molecule has 5 rings (SSSR count). The summed E-state index contributed by atoms with van der Waals surface area (Å²) in [5, 5.41) is 10.2. The molecule has 2 N–H and O–H groups in total. The van der Waals surface area contributed by atoms with Crippen LogP contribution in [0.4, 0.5) is 11.6 Å².